The fraction of sp³-hybridized carbons (Fsp3) is 0.448. The van der Waals surface area contributed by atoms with E-state index in [2.05, 4.69) is 16.0 Å². The summed E-state index contributed by atoms with van der Waals surface area (Å²) < 4.78 is 0. The molecule has 10 nitrogen and oxygen atoms in total. The number of nitrogens with one attached hydrogen (secondary N) is 3. The fourth-order valence-corrected chi connectivity index (χ4v) is 4.54. The van der Waals surface area contributed by atoms with Gasteiger partial charge in [-0.2, -0.15) is 11.8 Å². The van der Waals surface area contributed by atoms with Crippen LogP contribution < -0.4 is 21.7 Å². The monoisotopic (exact) mass is 572 g/mol. The van der Waals surface area contributed by atoms with Crippen LogP contribution in [0, 0.1) is 5.92 Å². The van der Waals surface area contributed by atoms with Crippen molar-refractivity contribution < 1.29 is 29.4 Å². The molecule has 3 amide bonds. The molecule has 11 heteroatoms. The largest absolute Gasteiger partial charge is 0.508 e. The van der Waals surface area contributed by atoms with Crippen molar-refractivity contribution in [1.82, 2.24) is 16.0 Å². The van der Waals surface area contributed by atoms with Gasteiger partial charge < -0.3 is 31.9 Å². The molecule has 2 rings (SSSR count). The SMILES string of the molecule is CSCCC(NC(=O)C(Cc1ccc(O)cc1)NC(=O)C(N)CC(C)C)C(=O)NC(Cc1ccccc1)C(=O)O. The van der Waals surface area contributed by atoms with Crippen LogP contribution in [0.15, 0.2) is 54.6 Å². The summed E-state index contributed by atoms with van der Waals surface area (Å²) in [6.45, 7) is 3.87. The molecule has 7 N–H and O–H groups in total. The van der Waals surface area contributed by atoms with E-state index >= 15 is 0 Å². The first-order valence-electron chi connectivity index (χ1n) is 13.2. The normalized spacial score (nSPS) is 14.0. The van der Waals surface area contributed by atoms with Gasteiger partial charge in [-0.3, -0.25) is 14.4 Å². The molecule has 0 saturated heterocycles. The summed E-state index contributed by atoms with van der Waals surface area (Å²) in [4.78, 5) is 51.4. The molecule has 0 aliphatic heterocycles. The van der Waals surface area contributed by atoms with Crippen molar-refractivity contribution in [1.29, 1.82) is 0 Å². The van der Waals surface area contributed by atoms with E-state index < -0.39 is 47.9 Å². The van der Waals surface area contributed by atoms with Gasteiger partial charge in [0.1, 0.15) is 23.9 Å². The molecular weight excluding hydrogens is 532 g/mol. The van der Waals surface area contributed by atoms with E-state index in [0.29, 0.717) is 17.7 Å². The Morgan fingerprint density at radius 2 is 1.32 bits per heavy atom. The van der Waals surface area contributed by atoms with E-state index in [0.717, 1.165) is 5.56 Å². The highest BCUT2D eigenvalue weighted by Gasteiger charge is 2.30. The van der Waals surface area contributed by atoms with Crippen molar-refractivity contribution in [2.75, 3.05) is 12.0 Å². The third kappa shape index (κ3) is 11.3. The van der Waals surface area contributed by atoms with E-state index in [1.54, 1.807) is 36.4 Å². The topological polar surface area (TPSA) is 171 Å². The van der Waals surface area contributed by atoms with Crippen LogP contribution in [0.25, 0.3) is 0 Å². The molecule has 0 aliphatic carbocycles. The number of aliphatic carboxylic acids is 1. The molecule has 0 spiro atoms. The van der Waals surface area contributed by atoms with Crippen molar-refractivity contribution in [3.63, 3.8) is 0 Å². The maximum atomic E-state index is 13.5. The second-order valence-electron chi connectivity index (χ2n) is 10.1. The Kier molecular flexibility index (Phi) is 13.5. The van der Waals surface area contributed by atoms with E-state index in [1.165, 1.54) is 23.9 Å². The molecular formula is C29H40N4O6S. The number of carbonyl (C=O) groups is 4. The number of hydrogen-bond donors (Lipinski definition) is 6. The van der Waals surface area contributed by atoms with Crippen LogP contribution in [-0.2, 0) is 32.0 Å². The number of phenolic OH excluding ortho intramolecular Hbond substituents is 1. The third-order valence-electron chi connectivity index (χ3n) is 6.21. The Bertz CT molecular complexity index is 1110. The number of carboxylic acid groups (broad SMARTS) is 1. The van der Waals surface area contributed by atoms with E-state index in [-0.39, 0.29) is 30.9 Å². The fourth-order valence-electron chi connectivity index (χ4n) is 4.07. The molecule has 2 aromatic carbocycles. The van der Waals surface area contributed by atoms with Crippen molar-refractivity contribution in [2.24, 2.45) is 11.7 Å². The van der Waals surface area contributed by atoms with E-state index in [1.807, 2.05) is 26.2 Å². The Labute approximate surface area is 239 Å². The maximum absolute atomic E-state index is 13.5. The summed E-state index contributed by atoms with van der Waals surface area (Å²) in [5.41, 5.74) is 7.46. The molecule has 0 fully saturated rings. The Morgan fingerprint density at radius 1 is 0.800 bits per heavy atom. The predicted octanol–water partition coefficient (Wildman–Crippen LogP) is 1.84. The van der Waals surface area contributed by atoms with E-state index in [9.17, 15) is 29.4 Å². The standard InChI is InChI=1S/C29H40N4O6S/c1-18(2)15-22(30)26(35)32-24(16-20-9-11-21(34)12-10-20)28(37)31-23(13-14-40-3)27(36)33-25(29(38)39)17-19-7-5-4-6-8-19/h4-12,18,22-25,34H,13-17,30H2,1-3H3,(H,31,37)(H,32,35)(H,33,36)(H,38,39). The summed E-state index contributed by atoms with van der Waals surface area (Å²) in [5, 5.41) is 27.3. The maximum Gasteiger partial charge on any atom is 0.326 e. The van der Waals surface area contributed by atoms with Gasteiger partial charge in [-0.15, -0.1) is 0 Å². The van der Waals surface area contributed by atoms with Gasteiger partial charge in [0.15, 0.2) is 0 Å². The van der Waals surface area contributed by atoms with Gasteiger partial charge in [-0.25, -0.2) is 4.79 Å². The number of thioether (sulfide) groups is 1. The lowest BCUT2D eigenvalue weighted by Crippen LogP contribution is -2.58. The predicted molar refractivity (Wildman–Crippen MR) is 156 cm³/mol. The van der Waals surface area contributed by atoms with Crippen LogP contribution in [0.2, 0.25) is 0 Å². The average Bonchev–Trinajstić information content (AvgIpc) is 2.91. The smallest absolute Gasteiger partial charge is 0.326 e. The molecule has 0 heterocycles. The van der Waals surface area contributed by atoms with Gasteiger partial charge >= 0.3 is 5.97 Å². The van der Waals surface area contributed by atoms with Crippen LogP contribution >= 0.6 is 11.8 Å². The minimum Gasteiger partial charge on any atom is -0.508 e. The Morgan fingerprint density at radius 3 is 1.90 bits per heavy atom. The van der Waals surface area contributed by atoms with Gasteiger partial charge in [-0.05, 0) is 54.0 Å². The van der Waals surface area contributed by atoms with Crippen LogP contribution in [0.3, 0.4) is 0 Å². The number of nitrogens with two attached hydrogens (primary N) is 1. The summed E-state index contributed by atoms with van der Waals surface area (Å²) in [6, 6.07) is 11.1. The Hall–Kier alpha value is -3.57. The molecule has 4 atom stereocenters. The summed E-state index contributed by atoms with van der Waals surface area (Å²) in [6.07, 6.45) is 2.71. The molecule has 0 aliphatic rings. The zero-order valence-corrected chi connectivity index (χ0v) is 23.9. The van der Waals surface area contributed by atoms with Crippen LogP contribution in [0.4, 0.5) is 0 Å². The average molecular weight is 573 g/mol. The second-order valence-corrected chi connectivity index (χ2v) is 11.1. The first kappa shape index (κ1) is 32.6. The quantitative estimate of drug-likeness (QED) is 0.177. The molecule has 2 aromatic rings. The zero-order valence-electron chi connectivity index (χ0n) is 23.1. The molecule has 0 saturated carbocycles. The van der Waals surface area contributed by atoms with Gasteiger partial charge in [0.05, 0.1) is 6.04 Å². The molecule has 0 radical (unpaired) electrons. The number of aromatic hydroxyl groups is 1. The number of carbonyl (C=O) groups excluding carboxylic acids is 3. The van der Waals surface area contributed by atoms with Crippen molar-refractivity contribution in [2.45, 2.75) is 63.7 Å². The molecule has 4 unspecified atom stereocenters. The number of rotatable bonds is 16. The summed E-state index contributed by atoms with van der Waals surface area (Å²) >= 11 is 1.48. The van der Waals surface area contributed by atoms with Crippen LogP contribution in [0.1, 0.15) is 37.8 Å². The van der Waals surface area contributed by atoms with E-state index in [4.69, 9.17) is 5.73 Å². The van der Waals surface area contributed by atoms with Crippen LogP contribution in [-0.4, -0.2) is 70.1 Å². The Balaban J connectivity index is 2.22. The number of amides is 3. The highest BCUT2D eigenvalue weighted by molar-refractivity contribution is 7.98. The van der Waals surface area contributed by atoms with Gasteiger partial charge in [0.25, 0.3) is 0 Å². The molecule has 218 valence electrons. The highest BCUT2D eigenvalue weighted by atomic mass is 32.2. The third-order valence-corrected chi connectivity index (χ3v) is 6.86. The van der Waals surface area contributed by atoms with Gasteiger partial charge in [0, 0.05) is 12.8 Å². The zero-order chi connectivity index (χ0) is 29.7. The minimum atomic E-state index is -1.19. The van der Waals surface area contributed by atoms with Crippen molar-refractivity contribution >= 4 is 35.5 Å². The first-order valence-corrected chi connectivity index (χ1v) is 14.6. The molecule has 0 bridgehead atoms. The lowest BCUT2D eigenvalue weighted by Gasteiger charge is -2.25. The van der Waals surface area contributed by atoms with Crippen molar-refractivity contribution in [3.8, 4) is 5.75 Å². The number of hydrogen-bond acceptors (Lipinski definition) is 7. The molecule has 40 heavy (non-hydrogen) atoms. The lowest BCUT2D eigenvalue weighted by molar-refractivity contribution is -0.142. The molecule has 0 aromatic heterocycles. The number of carboxylic acids is 1. The van der Waals surface area contributed by atoms with Gasteiger partial charge in [-0.1, -0.05) is 56.3 Å². The second kappa shape index (κ2) is 16.5. The van der Waals surface area contributed by atoms with Gasteiger partial charge in [0.2, 0.25) is 17.7 Å². The minimum absolute atomic E-state index is 0.0602. The summed E-state index contributed by atoms with van der Waals surface area (Å²) in [5.74, 6) is -2.15. The number of phenols is 1. The van der Waals surface area contributed by atoms with Crippen LogP contribution in [0.5, 0.6) is 5.75 Å². The first-order chi connectivity index (χ1) is 19.0. The lowest BCUT2D eigenvalue weighted by atomic mass is 10.0. The highest BCUT2D eigenvalue weighted by Crippen LogP contribution is 2.13. The number of benzene rings is 2. The summed E-state index contributed by atoms with van der Waals surface area (Å²) in [7, 11) is 0. The van der Waals surface area contributed by atoms with Crippen molar-refractivity contribution in [3.05, 3.63) is 65.7 Å².